The molecular formula is C19H16N2O3. The van der Waals surface area contributed by atoms with Gasteiger partial charge in [-0.2, -0.15) is 0 Å². The Bertz CT molecular complexity index is 912. The third-order valence-electron chi connectivity index (χ3n) is 4.52. The summed E-state index contributed by atoms with van der Waals surface area (Å²) >= 11 is 0. The van der Waals surface area contributed by atoms with E-state index in [1.165, 1.54) is 0 Å². The molecule has 0 unspecified atom stereocenters. The number of fused-ring (bicyclic) bond motifs is 1. The van der Waals surface area contributed by atoms with Crippen LogP contribution in [-0.2, 0) is 13.0 Å². The van der Waals surface area contributed by atoms with Crippen LogP contribution in [0.1, 0.15) is 12.1 Å². The van der Waals surface area contributed by atoms with Gasteiger partial charge in [-0.3, -0.25) is 10.1 Å². The molecule has 0 saturated carbocycles. The van der Waals surface area contributed by atoms with Crippen LogP contribution in [-0.4, -0.2) is 14.6 Å². The smallest absolute Gasteiger partial charge is 0.298 e. The molecule has 24 heavy (non-hydrogen) atoms. The van der Waals surface area contributed by atoms with Crippen LogP contribution in [0.4, 0.5) is 5.69 Å². The van der Waals surface area contributed by atoms with Crippen molar-refractivity contribution in [3.8, 4) is 28.1 Å². The first-order valence-electron chi connectivity index (χ1n) is 7.91. The molecule has 1 aromatic heterocycles. The normalized spacial score (nSPS) is 13.0. The number of rotatable bonds is 3. The quantitative estimate of drug-likeness (QED) is 0.575. The van der Waals surface area contributed by atoms with Gasteiger partial charge in [0.1, 0.15) is 5.75 Å². The second kappa shape index (κ2) is 5.53. The fraction of sp³-hybridized carbons (Fsp3) is 0.158. The van der Waals surface area contributed by atoms with Crippen molar-refractivity contribution in [1.29, 1.82) is 0 Å². The Balaban J connectivity index is 2.07. The van der Waals surface area contributed by atoms with Crippen LogP contribution in [0.15, 0.2) is 54.6 Å². The van der Waals surface area contributed by atoms with Crippen molar-refractivity contribution in [2.24, 2.45) is 0 Å². The summed E-state index contributed by atoms with van der Waals surface area (Å²) in [5, 5.41) is 21.4. The predicted molar refractivity (Wildman–Crippen MR) is 91.9 cm³/mol. The Hall–Kier alpha value is -3.08. The molecule has 0 bridgehead atoms. The molecule has 120 valence electrons. The zero-order valence-corrected chi connectivity index (χ0v) is 13.0. The number of benzene rings is 2. The standard InChI is InChI=1S/C19H16N2O3/c22-15-10-8-13(9-11-15)17-18(14-5-2-1-3-6-14)20-12-4-7-16(20)19(17)21(23)24/h1-3,5-6,8-11,22H,4,7,12H2. The van der Waals surface area contributed by atoms with E-state index in [1.807, 2.05) is 30.3 Å². The molecule has 1 aliphatic heterocycles. The maximum atomic E-state index is 11.8. The predicted octanol–water partition coefficient (Wildman–Crippen LogP) is 4.38. The highest BCUT2D eigenvalue weighted by Crippen LogP contribution is 2.46. The van der Waals surface area contributed by atoms with E-state index in [2.05, 4.69) is 4.57 Å². The second-order valence-electron chi connectivity index (χ2n) is 5.94. The van der Waals surface area contributed by atoms with Gasteiger partial charge in [-0.15, -0.1) is 0 Å². The van der Waals surface area contributed by atoms with Gasteiger partial charge in [0.25, 0.3) is 5.69 Å². The van der Waals surface area contributed by atoms with E-state index in [0.29, 0.717) is 12.0 Å². The molecule has 5 nitrogen and oxygen atoms in total. The van der Waals surface area contributed by atoms with E-state index in [1.54, 1.807) is 24.3 Å². The molecule has 0 saturated heterocycles. The molecule has 0 radical (unpaired) electrons. The molecule has 4 rings (SSSR count). The van der Waals surface area contributed by atoms with Gasteiger partial charge in [-0.25, -0.2) is 0 Å². The number of phenols is 1. The van der Waals surface area contributed by atoms with Gasteiger partial charge in [0.05, 0.1) is 21.9 Å². The molecule has 0 spiro atoms. The zero-order chi connectivity index (χ0) is 16.7. The van der Waals surface area contributed by atoms with Crippen molar-refractivity contribution < 1.29 is 10.0 Å². The van der Waals surface area contributed by atoms with E-state index in [0.717, 1.165) is 35.5 Å². The van der Waals surface area contributed by atoms with E-state index >= 15 is 0 Å². The second-order valence-corrected chi connectivity index (χ2v) is 5.94. The summed E-state index contributed by atoms with van der Waals surface area (Å²) in [5.74, 6) is 0.148. The number of nitro groups is 1. The molecule has 0 fully saturated rings. The minimum atomic E-state index is -0.272. The van der Waals surface area contributed by atoms with Crippen molar-refractivity contribution in [3.63, 3.8) is 0 Å². The maximum absolute atomic E-state index is 11.8. The van der Waals surface area contributed by atoms with Crippen molar-refractivity contribution in [2.75, 3.05) is 0 Å². The summed E-state index contributed by atoms with van der Waals surface area (Å²) in [4.78, 5) is 11.5. The number of nitrogens with zero attached hydrogens (tertiary/aromatic N) is 2. The third-order valence-corrected chi connectivity index (χ3v) is 4.52. The first kappa shape index (κ1) is 14.5. The van der Waals surface area contributed by atoms with Gasteiger partial charge in [-0.1, -0.05) is 42.5 Å². The number of aromatic nitrogens is 1. The van der Waals surface area contributed by atoms with Crippen LogP contribution in [0.2, 0.25) is 0 Å². The van der Waals surface area contributed by atoms with Crippen molar-refractivity contribution in [2.45, 2.75) is 19.4 Å². The van der Waals surface area contributed by atoms with Crippen LogP contribution < -0.4 is 0 Å². The lowest BCUT2D eigenvalue weighted by molar-refractivity contribution is -0.384. The summed E-state index contributed by atoms with van der Waals surface area (Å²) in [6, 6.07) is 16.4. The van der Waals surface area contributed by atoms with Crippen molar-refractivity contribution >= 4 is 5.69 Å². The highest BCUT2D eigenvalue weighted by molar-refractivity contribution is 5.90. The highest BCUT2D eigenvalue weighted by atomic mass is 16.6. The lowest BCUT2D eigenvalue weighted by atomic mass is 9.99. The summed E-state index contributed by atoms with van der Waals surface area (Å²) in [7, 11) is 0. The molecule has 0 aliphatic carbocycles. The van der Waals surface area contributed by atoms with E-state index in [9.17, 15) is 15.2 Å². The van der Waals surface area contributed by atoms with Crippen LogP contribution >= 0.6 is 0 Å². The van der Waals surface area contributed by atoms with Crippen LogP contribution in [0.5, 0.6) is 5.75 Å². The molecule has 5 heteroatoms. The Labute approximate surface area is 139 Å². The molecule has 1 N–H and O–H groups in total. The monoisotopic (exact) mass is 320 g/mol. The van der Waals surface area contributed by atoms with Gasteiger partial charge < -0.3 is 9.67 Å². The topological polar surface area (TPSA) is 68.3 Å². The van der Waals surface area contributed by atoms with Crippen LogP contribution in [0.25, 0.3) is 22.4 Å². The van der Waals surface area contributed by atoms with Crippen LogP contribution in [0, 0.1) is 10.1 Å². The summed E-state index contributed by atoms with van der Waals surface area (Å²) in [6.07, 6.45) is 1.64. The van der Waals surface area contributed by atoms with Gasteiger partial charge in [0.2, 0.25) is 0 Å². The van der Waals surface area contributed by atoms with Crippen molar-refractivity contribution in [3.05, 3.63) is 70.4 Å². The van der Waals surface area contributed by atoms with Crippen molar-refractivity contribution in [1.82, 2.24) is 4.57 Å². The first-order valence-corrected chi connectivity index (χ1v) is 7.91. The van der Waals surface area contributed by atoms with Crippen LogP contribution in [0.3, 0.4) is 0 Å². The van der Waals surface area contributed by atoms with Gasteiger partial charge in [-0.05, 0) is 36.1 Å². The fourth-order valence-electron chi connectivity index (χ4n) is 3.55. The third kappa shape index (κ3) is 2.17. The van der Waals surface area contributed by atoms with Gasteiger partial charge in [0, 0.05) is 6.54 Å². The molecule has 0 atom stereocenters. The average Bonchev–Trinajstić information content (AvgIpc) is 3.16. The molecule has 0 amide bonds. The summed E-state index contributed by atoms with van der Waals surface area (Å²) in [5.41, 5.74) is 4.23. The summed E-state index contributed by atoms with van der Waals surface area (Å²) < 4.78 is 2.08. The Morgan fingerprint density at radius 3 is 2.38 bits per heavy atom. The minimum Gasteiger partial charge on any atom is -0.508 e. The number of hydrogen-bond acceptors (Lipinski definition) is 3. The lowest BCUT2D eigenvalue weighted by Gasteiger charge is -2.09. The number of phenolic OH excluding ortho intramolecular Hbond substituents is 1. The summed E-state index contributed by atoms with van der Waals surface area (Å²) in [6.45, 7) is 0.790. The lowest BCUT2D eigenvalue weighted by Crippen LogP contribution is -1.96. The highest BCUT2D eigenvalue weighted by Gasteiger charge is 2.34. The SMILES string of the molecule is O=[N+]([O-])c1c(-c2ccc(O)cc2)c(-c2ccccc2)n2c1CCC2. The molecule has 2 heterocycles. The zero-order valence-electron chi connectivity index (χ0n) is 13.0. The van der Waals surface area contributed by atoms with E-state index < -0.39 is 0 Å². The molecule has 1 aliphatic rings. The Morgan fingerprint density at radius 1 is 1.00 bits per heavy atom. The maximum Gasteiger partial charge on any atom is 0.298 e. The largest absolute Gasteiger partial charge is 0.508 e. The van der Waals surface area contributed by atoms with Gasteiger partial charge in [0.15, 0.2) is 0 Å². The van der Waals surface area contributed by atoms with Gasteiger partial charge >= 0.3 is 0 Å². The molecule has 3 aromatic rings. The average molecular weight is 320 g/mol. The molecular weight excluding hydrogens is 304 g/mol. The Kier molecular flexibility index (Phi) is 3.34. The Morgan fingerprint density at radius 2 is 1.71 bits per heavy atom. The van der Waals surface area contributed by atoms with E-state index in [4.69, 9.17) is 0 Å². The molecule has 2 aromatic carbocycles. The fourth-order valence-corrected chi connectivity index (χ4v) is 3.55. The minimum absolute atomic E-state index is 0.148. The number of aromatic hydroxyl groups is 1. The number of hydrogen-bond donors (Lipinski definition) is 1. The first-order chi connectivity index (χ1) is 11.7. The van der Waals surface area contributed by atoms with E-state index in [-0.39, 0.29) is 16.4 Å².